The fourth-order valence-corrected chi connectivity index (χ4v) is 5.12. The van der Waals surface area contributed by atoms with E-state index in [0.717, 1.165) is 66.7 Å². The van der Waals surface area contributed by atoms with Crippen LogP contribution in [0.1, 0.15) is 43.4 Å². The van der Waals surface area contributed by atoms with Crippen molar-refractivity contribution in [3.8, 4) is 28.5 Å². The molecule has 1 saturated carbocycles. The van der Waals surface area contributed by atoms with Gasteiger partial charge in [0.05, 0.1) is 17.3 Å². The van der Waals surface area contributed by atoms with Gasteiger partial charge in [0.25, 0.3) is 0 Å². The van der Waals surface area contributed by atoms with E-state index in [9.17, 15) is 5.26 Å². The molecule has 1 aliphatic carbocycles. The maximum Gasteiger partial charge on any atom is 0.129 e. The minimum absolute atomic E-state index is 0.671. The van der Waals surface area contributed by atoms with Gasteiger partial charge in [-0.3, -0.25) is 4.98 Å². The van der Waals surface area contributed by atoms with Crippen molar-refractivity contribution in [3.05, 3.63) is 66.0 Å². The van der Waals surface area contributed by atoms with Crippen molar-refractivity contribution in [1.82, 2.24) is 15.3 Å². The highest BCUT2D eigenvalue weighted by molar-refractivity contribution is 5.82. The Bertz CT molecular complexity index is 1120. The Morgan fingerprint density at radius 1 is 0.939 bits per heavy atom. The van der Waals surface area contributed by atoms with Gasteiger partial charge in [0.2, 0.25) is 0 Å². The number of nitriles is 1. The fourth-order valence-electron chi connectivity index (χ4n) is 5.12. The minimum atomic E-state index is 0.671. The Kier molecular flexibility index (Phi) is 6.64. The molecule has 3 heterocycles. The molecule has 0 bridgehead atoms. The number of rotatable bonds is 5. The van der Waals surface area contributed by atoms with E-state index in [2.05, 4.69) is 40.6 Å². The molecule has 1 saturated heterocycles. The second-order valence-corrected chi connectivity index (χ2v) is 9.24. The summed E-state index contributed by atoms with van der Waals surface area (Å²) < 4.78 is 0. The second kappa shape index (κ2) is 10.1. The predicted octanol–water partition coefficient (Wildman–Crippen LogP) is 5.21. The smallest absolute Gasteiger partial charge is 0.129 e. The van der Waals surface area contributed by atoms with E-state index in [4.69, 9.17) is 9.97 Å². The molecule has 2 aromatic heterocycles. The lowest BCUT2D eigenvalue weighted by molar-refractivity contribution is 0.354. The van der Waals surface area contributed by atoms with Gasteiger partial charge in [0.1, 0.15) is 5.82 Å². The van der Waals surface area contributed by atoms with Gasteiger partial charge in [-0.05, 0) is 54.3 Å². The van der Waals surface area contributed by atoms with Crippen LogP contribution in [0.2, 0.25) is 0 Å². The number of anilines is 1. The van der Waals surface area contributed by atoms with Gasteiger partial charge < -0.3 is 10.2 Å². The fraction of sp³-hybridized carbons (Fsp3) is 0.393. The molecule has 33 heavy (non-hydrogen) atoms. The van der Waals surface area contributed by atoms with Gasteiger partial charge in [-0.25, -0.2) is 4.98 Å². The van der Waals surface area contributed by atoms with Gasteiger partial charge in [0, 0.05) is 49.2 Å². The molecule has 0 spiro atoms. The average molecular weight is 438 g/mol. The van der Waals surface area contributed by atoms with Crippen LogP contribution in [0.25, 0.3) is 22.4 Å². The van der Waals surface area contributed by atoms with Crippen LogP contribution in [-0.2, 0) is 6.42 Å². The van der Waals surface area contributed by atoms with E-state index in [-0.39, 0.29) is 0 Å². The first-order chi connectivity index (χ1) is 16.3. The number of hydrogen-bond acceptors (Lipinski definition) is 5. The zero-order chi connectivity index (χ0) is 22.5. The predicted molar refractivity (Wildman–Crippen MR) is 133 cm³/mol. The second-order valence-electron chi connectivity index (χ2n) is 9.24. The van der Waals surface area contributed by atoms with Crippen LogP contribution >= 0.6 is 0 Å². The lowest BCUT2D eigenvalue weighted by Gasteiger charge is -2.29. The molecule has 2 aliphatic rings. The first-order valence-corrected chi connectivity index (χ1v) is 12.2. The lowest BCUT2D eigenvalue weighted by Crippen LogP contribution is -2.43. The summed E-state index contributed by atoms with van der Waals surface area (Å²) in [5, 5.41) is 12.6. The summed E-state index contributed by atoms with van der Waals surface area (Å²) in [6, 6.07) is 18.7. The first-order valence-electron chi connectivity index (χ1n) is 12.2. The van der Waals surface area contributed by atoms with Gasteiger partial charge >= 0.3 is 0 Å². The summed E-state index contributed by atoms with van der Waals surface area (Å²) in [6.45, 7) is 3.89. The molecule has 168 valence electrons. The highest BCUT2D eigenvalue weighted by Gasteiger charge is 2.18. The number of aromatic nitrogens is 2. The minimum Gasteiger partial charge on any atom is -0.354 e. The lowest BCUT2D eigenvalue weighted by atomic mass is 9.86. The Hall–Kier alpha value is -3.23. The molecule has 3 aromatic rings. The standard InChI is InChI=1S/C28H31N5/c29-20-22-6-8-23(9-7-22)26-10-11-27(33-16-14-30-15-17-33)32-28(26)24-12-13-31-25(19-24)18-21-4-2-1-3-5-21/h6-13,19,21,30H,1-5,14-18H2. The van der Waals surface area contributed by atoms with E-state index in [1.54, 1.807) is 0 Å². The molecule has 1 aromatic carbocycles. The van der Waals surface area contributed by atoms with Gasteiger partial charge in [0.15, 0.2) is 0 Å². The topological polar surface area (TPSA) is 64.8 Å². The Morgan fingerprint density at radius 3 is 2.48 bits per heavy atom. The highest BCUT2D eigenvalue weighted by Crippen LogP contribution is 2.34. The van der Waals surface area contributed by atoms with Gasteiger partial charge in [-0.15, -0.1) is 0 Å². The summed E-state index contributed by atoms with van der Waals surface area (Å²) in [5.41, 5.74) is 6.11. The molecular formula is C28H31N5. The van der Waals surface area contributed by atoms with Crippen molar-refractivity contribution in [2.24, 2.45) is 5.92 Å². The molecule has 5 nitrogen and oxygen atoms in total. The van der Waals surface area contributed by atoms with Crippen LogP contribution in [0.3, 0.4) is 0 Å². The van der Waals surface area contributed by atoms with Gasteiger partial charge in [-0.2, -0.15) is 5.26 Å². The first kappa shape index (κ1) is 21.6. The molecule has 0 amide bonds. The largest absolute Gasteiger partial charge is 0.354 e. The Labute approximate surface area is 196 Å². The van der Waals surface area contributed by atoms with Crippen LogP contribution in [0.5, 0.6) is 0 Å². The highest BCUT2D eigenvalue weighted by atomic mass is 15.2. The van der Waals surface area contributed by atoms with E-state index in [1.165, 1.54) is 37.8 Å². The van der Waals surface area contributed by atoms with Crippen molar-refractivity contribution in [2.45, 2.75) is 38.5 Å². The van der Waals surface area contributed by atoms with Crippen molar-refractivity contribution < 1.29 is 0 Å². The quantitative estimate of drug-likeness (QED) is 0.593. The normalized spacial score (nSPS) is 17.0. The number of hydrogen-bond donors (Lipinski definition) is 1. The van der Waals surface area contributed by atoms with E-state index in [0.29, 0.717) is 5.56 Å². The maximum absolute atomic E-state index is 9.20. The number of piperazine rings is 1. The number of benzene rings is 1. The number of nitrogens with zero attached hydrogens (tertiary/aromatic N) is 4. The zero-order valence-corrected chi connectivity index (χ0v) is 19.1. The van der Waals surface area contributed by atoms with Gasteiger partial charge in [-0.1, -0.05) is 44.2 Å². The molecule has 0 radical (unpaired) electrons. The summed E-state index contributed by atoms with van der Waals surface area (Å²) in [6.07, 6.45) is 9.70. The Balaban J connectivity index is 1.53. The summed E-state index contributed by atoms with van der Waals surface area (Å²) in [4.78, 5) is 12.2. The van der Waals surface area contributed by atoms with E-state index < -0.39 is 0 Å². The zero-order valence-electron chi connectivity index (χ0n) is 19.1. The molecule has 1 N–H and O–H groups in total. The summed E-state index contributed by atoms with van der Waals surface area (Å²) in [5.74, 6) is 1.77. The molecule has 5 heteroatoms. The van der Waals surface area contributed by atoms with E-state index in [1.807, 2.05) is 30.5 Å². The van der Waals surface area contributed by atoms with Crippen LogP contribution in [0.4, 0.5) is 5.82 Å². The SMILES string of the molecule is N#Cc1ccc(-c2ccc(N3CCNCC3)nc2-c2ccnc(CC3CCCCC3)c2)cc1. The third kappa shape index (κ3) is 5.07. The molecule has 5 rings (SSSR count). The number of pyridine rings is 2. The maximum atomic E-state index is 9.20. The molecular weight excluding hydrogens is 406 g/mol. The van der Waals surface area contributed by atoms with E-state index >= 15 is 0 Å². The van der Waals surface area contributed by atoms with Crippen molar-refractivity contribution in [3.63, 3.8) is 0 Å². The summed E-state index contributed by atoms with van der Waals surface area (Å²) >= 11 is 0. The van der Waals surface area contributed by atoms with Crippen molar-refractivity contribution in [1.29, 1.82) is 5.26 Å². The van der Waals surface area contributed by atoms with Crippen LogP contribution in [0, 0.1) is 17.2 Å². The average Bonchev–Trinajstić information content (AvgIpc) is 2.90. The third-order valence-electron chi connectivity index (χ3n) is 6.96. The third-order valence-corrected chi connectivity index (χ3v) is 6.96. The number of nitrogens with one attached hydrogen (secondary N) is 1. The van der Waals surface area contributed by atoms with Crippen LogP contribution in [0.15, 0.2) is 54.7 Å². The molecule has 0 atom stereocenters. The summed E-state index contributed by atoms with van der Waals surface area (Å²) in [7, 11) is 0. The van der Waals surface area contributed by atoms with Crippen molar-refractivity contribution in [2.75, 3.05) is 31.1 Å². The van der Waals surface area contributed by atoms with Crippen LogP contribution < -0.4 is 10.2 Å². The van der Waals surface area contributed by atoms with Crippen LogP contribution in [-0.4, -0.2) is 36.1 Å². The monoisotopic (exact) mass is 437 g/mol. The Morgan fingerprint density at radius 2 is 1.73 bits per heavy atom. The molecule has 1 aliphatic heterocycles. The molecule has 0 unspecified atom stereocenters. The van der Waals surface area contributed by atoms with Crippen molar-refractivity contribution >= 4 is 5.82 Å². The molecule has 2 fully saturated rings.